The van der Waals surface area contributed by atoms with E-state index in [2.05, 4.69) is 19.0 Å². The molecule has 128 valence electrons. The van der Waals surface area contributed by atoms with Crippen LogP contribution in [0.1, 0.15) is 30.6 Å². The Morgan fingerprint density at radius 3 is 2.52 bits per heavy atom. The Hall–Kier alpha value is -2.62. The van der Waals surface area contributed by atoms with Crippen molar-refractivity contribution in [3.8, 4) is 11.3 Å². The van der Waals surface area contributed by atoms with Crippen LogP contribution >= 0.6 is 0 Å². The summed E-state index contributed by atoms with van der Waals surface area (Å²) in [5.74, 6) is 1.91. The molecule has 0 spiro atoms. The highest BCUT2D eigenvalue weighted by molar-refractivity contribution is 6.01. The molecule has 25 heavy (non-hydrogen) atoms. The summed E-state index contributed by atoms with van der Waals surface area (Å²) >= 11 is 0. The van der Waals surface area contributed by atoms with E-state index in [0.717, 1.165) is 29.6 Å². The van der Waals surface area contributed by atoms with Gasteiger partial charge in [0, 0.05) is 24.2 Å². The number of benzene rings is 2. The van der Waals surface area contributed by atoms with Gasteiger partial charge in [0.1, 0.15) is 5.52 Å². The van der Waals surface area contributed by atoms with Crippen LogP contribution in [0.2, 0.25) is 0 Å². The smallest absolute Gasteiger partial charge is 0.253 e. The largest absolute Gasteiger partial charge is 0.355 e. The molecule has 4 rings (SSSR count). The minimum atomic E-state index is 0.0977. The van der Waals surface area contributed by atoms with E-state index in [1.165, 1.54) is 6.42 Å². The quantitative estimate of drug-likeness (QED) is 0.687. The fourth-order valence-corrected chi connectivity index (χ4v) is 3.88. The number of nitrogens with zero attached hydrogens (tertiary/aromatic N) is 2. The summed E-state index contributed by atoms with van der Waals surface area (Å²) in [6.45, 7) is 6.09. The van der Waals surface area contributed by atoms with E-state index in [9.17, 15) is 4.79 Å². The van der Waals surface area contributed by atoms with Gasteiger partial charge in [-0.2, -0.15) is 0 Å². The molecule has 0 radical (unpaired) electrons. The van der Waals surface area contributed by atoms with E-state index in [4.69, 9.17) is 4.52 Å². The zero-order valence-electron chi connectivity index (χ0n) is 14.6. The molecule has 1 saturated heterocycles. The van der Waals surface area contributed by atoms with Gasteiger partial charge in [-0.15, -0.1) is 0 Å². The van der Waals surface area contributed by atoms with Gasteiger partial charge >= 0.3 is 0 Å². The van der Waals surface area contributed by atoms with E-state index in [-0.39, 0.29) is 5.91 Å². The van der Waals surface area contributed by atoms with Gasteiger partial charge in [0.05, 0.1) is 5.39 Å². The van der Waals surface area contributed by atoms with Crippen molar-refractivity contribution in [2.75, 3.05) is 13.1 Å². The highest BCUT2D eigenvalue weighted by Crippen LogP contribution is 2.30. The molecule has 1 aromatic heterocycles. The van der Waals surface area contributed by atoms with E-state index >= 15 is 0 Å². The van der Waals surface area contributed by atoms with Crippen molar-refractivity contribution < 1.29 is 9.32 Å². The lowest BCUT2D eigenvalue weighted by atomic mass is 9.91. The lowest BCUT2D eigenvalue weighted by Gasteiger charge is -2.35. The van der Waals surface area contributed by atoms with Gasteiger partial charge in [0.15, 0.2) is 5.76 Å². The summed E-state index contributed by atoms with van der Waals surface area (Å²) < 4.78 is 5.54. The molecule has 1 aliphatic rings. The number of amides is 1. The third kappa shape index (κ3) is 3.04. The average Bonchev–Trinajstić information content (AvgIpc) is 3.04. The maximum Gasteiger partial charge on any atom is 0.253 e. The standard InChI is InChI=1S/C21H22N2O2/c1-14-10-15(2)13-23(12-14)21(24)17-8-9-19-18(11-17)20(25-22-19)16-6-4-3-5-7-16/h3-9,11,14-15H,10,12-13H2,1-2H3/t14-,15+. The first-order valence-electron chi connectivity index (χ1n) is 8.86. The summed E-state index contributed by atoms with van der Waals surface area (Å²) in [5.41, 5.74) is 2.44. The van der Waals surface area contributed by atoms with Crippen molar-refractivity contribution in [1.82, 2.24) is 10.1 Å². The third-order valence-electron chi connectivity index (χ3n) is 4.92. The number of piperidine rings is 1. The average molecular weight is 334 g/mol. The van der Waals surface area contributed by atoms with Crippen LogP contribution in [0.15, 0.2) is 53.1 Å². The van der Waals surface area contributed by atoms with Gasteiger partial charge in [-0.25, -0.2) is 0 Å². The molecule has 0 aliphatic carbocycles. The van der Waals surface area contributed by atoms with Gasteiger partial charge in [-0.1, -0.05) is 49.3 Å². The Morgan fingerprint density at radius 1 is 1.08 bits per heavy atom. The van der Waals surface area contributed by atoms with E-state index in [0.29, 0.717) is 23.2 Å². The summed E-state index contributed by atoms with van der Waals surface area (Å²) in [5, 5.41) is 5.02. The second-order valence-corrected chi connectivity index (χ2v) is 7.27. The summed E-state index contributed by atoms with van der Waals surface area (Å²) in [6.07, 6.45) is 1.19. The van der Waals surface area contributed by atoms with Crippen LogP contribution in [0.4, 0.5) is 0 Å². The predicted molar refractivity (Wildman–Crippen MR) is 98.3 cm³/mol. The molecule has 4 heteroatoms. The van der Waals surface area contributed by atoms with Crippen LogP contribution in [-0.4, -0.2) is 29.1 Å². The molecule has 3 aromatic rings. The number of fused-ring (bicyclic) bond motifs is 1. The molecule has 2 atom stereocenters. The molecule has 2 heterocycles. The molecule has 4 nitrogen and oxygen atoms in total. The zero-order valence-corrected chi connectivity index (χ0v) is 14.6. The molecule has 1 aliphatic heterocycles. The second-order valence-electron chi connectivity index (χ2n) is 7.27. The zero-order chi connectivity index (χ0) is 17.4. The monoisotopic (exact) mass is 334 g/mol. The lowest BCUT2D eigenvalue weighted by Crippen LogP contribution is -2.42. The maximum atomic E-state index is 13.0. The van der Waals surface area contributed by atoms with Crippen LogP contribution < -0.4 is 0 Å². The SMILES string of the molecule is C[C@@H]1C[C@H](C)CN(C(=O)c2ccc3noc(-c4ccccc4)c3c2)C1. The first kappa shape index (κ1) is 15.9. The Balaban J connectivity index is 1.70. The molecule has 1 amide bonds. The maximum absolute atomic E-state index is 13.0. The van der Waals surface area contributed by atoms with E-state index in [1.807, 2.05) is 53.4 Å². The molecule has 0 N–H and O–H groups in total. The first-order valence-corrected chi connectivity index (χ1v) is 8.86. The van der Waals surface area contributed by atoms with Gasteiger partial charge in [-0.3, -0.25) is 4.79 Å². The number of likely N-dealkylation sites (tertiary alicyclic amines) is 1. The van der Waals surface area contributed by atoms with Crippen molar-refractivity contribution in [1.29, 1.82) is 0 Å². The third-order valence-corrected chi connectivity index (χ3v) is 4.92. The number of hydrogen-bond donors (Lipinski definition) is 0. The Bertz CT molecular complexity index is 891. The van der Waals surface area contributed by atoms with Crippen LogP contribution in [0.5, 0.6) is 0 Å². The van der Waals surface area contributed by atoms with Crippen molar-refractivity contribution in [3.05, 3.63) is 54.1 Å². The normalized spacial score (nSPS) is 20.8. The fourth-order valence-electron chi connectivity index (χ4n) is 3.88. The van der Waals surface area contributed by atoms with Crippen LogP contribution in [0.3, 0.4) is 0 Å². The summed E-state index contributed by atoms with van der Waals surface area (Å²) in [7, 11) is 0. The minimum Gasteiger partial charge on any atom is -0.355 e. The second kappa shape index (κ2) is 6.36. The van der Waals surface area contributed by atoms with Crippen LogP contribution in [0, 0.1) is 11.8 Å². The number of carbonyl (C=O) groups excluding carboxylic acids is 1. The predicted octanol–water partition coefficient (Wildman–Crippen LogP) is 4.61. The highest BCUT2D eigenvalue weighted by Gasteiger charge is 2.26. The van der Waals surface area contributed by atoms with Crippen LogP contribution in [-0.2, 0) is 0 Å². The molecule has 0 saturated carbocycles. The Morgan fingerprint density at radius 2 is 1.80 bits per heavy atom. The van der Waals surface area contributed by atoms with Crippen molar-refractivity contribution in [3.63, 3.8) is 0 Å². The topological polar surface area (TPSA) is 46.3 Å². The Labute approximate surface area is 147 Å². The van der Waals surface area contributed by atoms with Gasteiger partial charge in [0.2, 0.25) is 0 Å². The summed E-state index contributed by atoms with van der Waals surface area (Å²) in [4.78, 5) is 15.0. The molecule has 0 bridgehead atoms. The lowest BCUT2D eigenvalue weighted by molar-refractivity contribution is 0.0623. The van der Waals surface area contributed by atoms with Gasteiger partial charge in [0.25, 0.3) is 5.91 Å². The minimum absolute atomic E-state index is 0.0977. The summed E-state index contributed by atoms with van der Waals surface area (Å²) in [6, 6.07) is 15.5. The first-order chi connectivity index (χ1) is 12.1. The van der Waals surface area contributed by atoms with E-state index in [1.54, 1.807) is 0 Å². The van der Waals surface area contributed by atoms with Gasteiger partial charge < -0.3 is 9.42 Å². The van der Waals surface area contributed by atoms with Crippen molar-refractivity contribution >= 4 is 16.8 Å². The molecule has 1 fully saturated rings. The number of carbonyl (C=O) groups is 1. The van der Waals surface area contributed by atoms with Crippen LogP contribution in [0.25, 0.3) is 22.2 Å². The molecular weight excluding hydrogens is 312 g/mol. The number of aromatic nitrogens is 1. The fraction of sp³-hybridized carbons (Fsp3) is 0.333. The molecule has 2 aromatic carbocycles. The van der Waals surface area contributed by atoms with Crippen molar-refractivity contribution in [2.45, 2.75) is 20.3 Å². The molecular formula is C21H22N2O2. The van der Waals surface area contributed by atoms with Gasteiger partial charge in [-0.05, 0) is 36.5 Å². The number of rotatable bonds is 2. The van der Waals surface area contributed by atoms with E-state index < -0.39 is 0 Å². The Kier molecular flexibility index (Phi) is 4.04. The highest BCUT2D eigenvalue weighted by atomic mass is 16.5. The van der Waals surface area contributed by atoms with Crippen molar-refractivity contribution in [2.24, 2.45) is 11.8 Å². The molecule has 0 unspecified atom stereocenters. The number of hydrogen-bond acceptors (Lipinski definition) is 3.